The topological polar surface area (TPSA) is 71.8 Å². The van der Waals surface area contributed by atoms with Crippen LogP contribution < -0.4 is 15.7 Å². The van der Waals surface area contributed by atoms with Crippen LogP contribution in [0.15, 0.2) is 63.8 Å². The summed E-state index contributed by atoms with van der Waals surface area (Å²) in [7, 11) is 1.65. The van der Waals surface area contributed by atoms with Gasteiger partial charge in [0.25, 0.3) is 5.91 Å². The van der Waals surface area contributed by atoms with Crippen LogP contribution >= 0.6 is 0 Å². The molecule has 1 aliphatic heterocycles. The van der Waals surface area contributed by atoms with Crippen molar-refractivity contribution >= 4 is 16.9 Å². The molecule has 2 heterocycles. The third-order valence-corrected chi connectivity index (χ3v) is 5.67. The summed E-state index contributed by atoms with van der Waals surface area (Å²) >= 11 is 0. The predicted octanol–water partition coefficient (Wildman–Crippen LogP) is 3.76. The second-order valence-electron chi connectivity index (χ2n) is 7.58. The molecule has 1 saturated heterocycles. The minimum atomic E-state index is -0.620. The molecule has 0 radical (unpaired) electrons. The van der Waals surface area contributed by atoms with Crippen molar-refractivity contribution in [2.45, 2.75) is 25.3 Å². The molecule has 6 nitrogen and oxygen atoms in total. The van der Waals surface area contributed by atoms with E-state index in [-0.39, 0.29) is 11.6 Å². The molecule has 6 heteroatoms. The van der Waals surface area contributed by atoms with Gasteiger partial charge in [0, 0.05) is 11.9 Å². The highest BCUT2D eigenvalue weighted by atomic mass is 16.5. The molecule has 1 aromatic heterocycles. The summed E-state index contributed by atoms with van der Waals surface area (Å²) in [4.78, 5) is 27.5. The largest absolute Gasteiger partial charge is 0.497 e. The molecule has 1 fully saturated rings. The van der Waals surface area contributed by atoms with Crippen LogP contribution in [0, 0.1) is 0 Å². The van der Waals surface area contributed by atoms with Gasteiger partial charge in [-0.3, -0.25) is 9.69 Å². The Morgan fingerprint density at radius 1 is 1.10 bits per heavy atom. The van der Waals surface area contributed by atoms with Crippen LogP contribution in [0.2, 0.25) is 0 Å². The fourth-order valence-electron chi connectivity index (χ4n) is 4.02. The smallest absolute Gasteiger partial charge is 0.349 e. The predicted molar refractivity (Wildman–Crippen MR) is 116 cm³/mol. The molecule has 3 aromatic rings. The van der Waals surface area contributed by atoms with E-state index in [1.807, 2.05) is 36.4 Å². The van der Waals surface area contributed by atoms with Crippen molar-refractivity contribution in [1.29, 1.82) is 0 Å². The lowest BCUT2D eigenvalue weighted by Crippen LogP contribution is -2.41. The van der Waals surface area contributed by atoms with Crippen LogP contribution in [0.4, 0.5) is 0 Å². The van der Waals surface area contributed by atoms with Crippen molar-refractivity contribution in [3.8, 4) is 5.75 Å². The van der Waals surface area contributed by atoms with E-state index in [4.69, 9.17) is 9.15 Å². The molecule has 0 unspecified atom stereocenters. The minimum absolute atomic E-state index is 0.0285. The molecular formula is C24H26N2O4. The Labute approximate surface area is 175 Å². The zero-order valence-corrected chi connectivity index (χ0v) is 17.1. The summed E-state index contributed by atoms with van der Waals surface area (Å²) in [6.07, 6.45) is 3.53. The van der Waals surface area contributed by atoms with Gasteiger partial charge in [-0.1, -0.05) is 36.8 Å². The van der Waals surface area contributed by atoms with Crippen molar-refractivity contribution in [3.05, 3.63) is 76.1 Å². The summed E-state index contributed by atoms with van der Waals surface area (Å²) in [6, 6.07) is 16.8. The number of likely N-dealkylation sites (tertiary alicyclic amines) is 1. The number of carbonyl (C=O) groups is 1. The molecule has 0 bridgehead atoms. The first-order valence-electron chi connectivity index (χ1n) is 10.3. The maximum atomic E-state index is 12.8. The third kappa shape index (κ3) is 4.39. The lowest BCUT2D eigenvalue weighted by atomic mass is 10.0. The number of ether oxygens (including phenoxy) is 1. The van der Waals surface area contributed by atoms with E-state index in [9.17, 15) is 9.59 Å². The van der Waals surface area contributed by atoms with Crippen LogP contribution in [0.3, 0.4) is 0 Å². The normalized spacial score (nSPS) is 15.6. The van der Waals surface area contributed by atoms with Crippen LogP contribution in [0.25, 0.3) is 11.0 Å². The molecule has 1 amide bonds. The SMILES string of the molecule is COc1ccc([C@@H](CNC(=O)c2cc3ccccc3oc2=O)N2CCCCC2)cc1. The summed E-state index contributed by atoms with van der Waals surface area (Å²) in [5.74, 6) is 0.388. The van der Waals surface area contributed by atoms with E-state index in [0.29, 0.717) is 12.1 Å². The Morgan fingerprint density at radius 2 is 1.83 bits per heavy atom. The van der Waals surface area contributed by atoms with Crippen molar-refractivity contribution < 1.29 is 13.9 Å². The summed E-state index contributed by atoms with van der Waals surface area (Å²) in [5.41, 5.74) is 0.998. The van der Waals surface area contributed by atoms with Crippen molar-refractivity contribution in [1.82, 2.24) is 10.2 Å². The Hall–Kier alpha value is -3.12. The molecule has 1 atom stereocenters. The Morgan fingerprint density at radius 3 is 2.57 bits per heavy atom. The minimum Gasteiger partial charge on any atom is -0.497 e. The molecule has 2 aromatic carbocycles. The number of fused-ring (bicyclic) bond motifs is 1. The molecular weight excluding hydrogens is 380 g/mol. The van der Waals surface area contributed by atoms with Crippen molar-refractivity contribution in [2.24, 2.45) is 0 Å². The first-order valence-corrected chi connectivity index (χ1v) is 10.3. The zero-order chi connectivity index (χ0) is 20.9. The van der Waals surface area contributed by atoms with Gasteiger partial charge >= 0.3 is 5.63 Å². The number of carbonyl (C=O) groups excluding carboxylic acids is 1. The number of para-hydroxylation sites is 1. The molecule has 4 rings (SSSR count). The van der Waals surface area contributed by atoms with Gasteiger partial charge in [-0.05, 0) is 55.8 Å². The lowest BCUT2D eigenvalue weighted by molar-refractivity contribution is 0.0921. The second-order valence-corrected chi connectivity index (χ2v) is 7.58. The number of hydrogen-bond acceptors (Lipinski definition) is 5. The number of nitrogens with zero attached hydrogens (tertiary/aromatic N) is 1. The van der Waals surface area contributed by atoms with Gasteiger partial charge in [-0.25, -0.2) is 4.79 Å². The van der Waals surface area contributed by atoms with Gasteiger partial charge < -0.3 is 14.5 Å². The van der Waals surface area contributed by atoms with Gasteiger partial charge in [0.2, 0.25) is 0 Å². The maximum Gasteiger partial charge on any atom is 0.349 e. The standard InChI is InChI=1S/C24H26N2O4/c1-29-19-11-9-17(10-12-19)21(26-13-5-2-6-14-26)16-25-23(27)20-15-18-7-3-4-8-22(18)30-24(20)28/h3-4,7-12,15,21H,2,5-6,13-14,16H2,1H3,(H,25,27)/t21-/m1/s1. The number of benzene rings is 2. The third-order valence-electron chi connectivity index (χ3n) is 5.67. The molecule has 0 spiro atoms. The van der Waals surface area contributed by atoms with Crippen LogP contribution in [0.5, 0.6) is 5.75 Å². The summed E-state index contributed by atoms with van der Waals surface area (Å²) in [6.45, 7) is 2.40. The van der Waals surface area contributed by atoms with E-state index in [0.717, 1.165) is 42.6 Å². The van der Waals surface area contributed by atoms with Gasteiger partial charge in [-0.2, -0.15) is 0 Å². The summed E-state index contributed by atoms with van der Waals surface area (Å²) in [5, 5.41) is 3.68. The molecule has 0 aliphatic carbocycles. The first kappa shape index (κ1) is 20.2. The Kier molecular flexibility index (Phi) is 6.14. The highest BCUT2D eigenvalue weighted by Crippen LogP contribution is 2.26. The quantitative estimate of drug-likeness (QED) is 0.631. The first-order chi connectivity index (χ1) is 14.7. The molecule has 1 N–H and O–H groups in total. The Bertz CT molecular complexity index is 1070. The van der Waals surface area contributed by atoms with Crippen LogP contribution in [-0.2, 0) is 0 Å². The monoisotopic (exact) mass is 406 g/mol. The number of methoxy groups -OCH3 is 1. The van der Waals surface area contributed by atoms with Gasteiger partial charge in [0.15, 0.2) is 0 Å². The number of hydrogen-bond donors (Lipinski definition) is 1. The number of nitrogens with one attached hydrogen (secondary N) is 1. The number of piperidine rings is 1. The van der Waals surface area contributed by atoms with E-state index in [1.165, 1.54) is 6.42 Å². The number of amides is 1. The molecule has 1 aliphatic rings. The second kappa shape index (κ2) is 9.13. The van der Waals surface area contributed by atoms with E-state index in [1.54, 1.807) is 25.3 Å². The fraction of sp³-hybridized carbons (Fsp3) is 0.333. The van der Waals surface area contributed by atoms with Crippen LogP contribution in [0.1, 0.15) is 41.2 Å². The zero-order valence-electron chi connectivity index (χ0n) is 17.1. The van der Waals surface area contributed by atoms with E-state index >= 15 is 0 Å². The van der Waals surface area contributed by atoms with Crippen LogP contribution in [-0.4, -0.2) is 37.6 Å². The van der Waals surface area contributed by atoms with Crippen molar-refractivity contribution in [2.75, 3.05) is 26.7 Å². The Balaban J connectivity index is 1.54. The fourth-order valence-corrected chi connectivity index (χ4v) is 4.02. The van der Waals surface area contributed by atoms with Gasteiger partial charge in [0.05, 0.1) is 13.2 Å². The molecule has 156 valence electrons. The summed E-state index contributed by atoms with van der Waals surface area (Å²) < 4.78 is 10.6. The van der Waals surface area contributed by atoms with Crippen molar-refractivity contribution in [3.63, 3.8) is 0 Å². The maximum absolute atomic E-state index is 12.8. The van der Waals surface area contributed by atoms with E-state index in [2.05, 4.69) is 10.2 Å². The van der Waals surface area contributed by atoms with Gasteiger partial charge in [-0.15, -0.1) is 0 Å². The average molecular weight is 406 g/mol. The average Bonchev–Trinajstić information content (AvgIpc) is 2.79. The number of rotatable bonds is 6. The lowest BCUT2D eigenvalue weighted by Gasteiger charge is -2.35. The highest BCUT2D eigenvalue weighted by molar-refractivity contribution is 5.96. The molecule has 0 saturated carbocycles. The highest BCUT2D eigenvalue weighted by Gasteiger charge is 2.24. The molecule has 30 heavy (non-hydrogen) atoms. The van der Waals surface area contributed by atoms with E-state index < -0.39 is 11.5 Å². The van der Waals surface area contributed by atoms with Gasteiger partial charge in [0.1, 0.15) is 16.9 Å².